The van der Waals surface area contributed by atoms with Crippen molar-refractivity contribution in [1.29, 1.82) is 0 Å². The zero-order valence-electron chi connectivity index (χ0n) is 14.5. The highest BCUT2D eigenvalue weighted by molar-refractivity contribution is 8.18. The first-order valence-corrected chi connectivity index (χ1v) is 9.40. The number of amides is 3. The fraction of sp³-hybridized carbons (Fsp3) is 0.105. The maximum Gasteiger partial charge on any atom is 0.293 e. The Hall–Kier alpha value is -2.78. The average Bonchev–Trinajstić information content (AvgIpc) is 2.93. The van der Waals surface area contributed by atoms with E-state index in [0.717, 1.165) is 4.90 Å². The molecule has 1 N–H and O–H groups in total. The molecule has 1 heterocycles. The van der Waals surface area contributed by atoms with Gasteiger partial charge in [-0.15, -0.1) is 0 Å². The first kappa shape index (κ1) is 20.9. The Bertz CT molecular complexity index is 1050. The second-order valence-corrected chi connectivity index (χ2v) is 7.26. The number of hydrogen-bond acceptors (Lipinski definition) is 4. The number of hydrogen-bond donors (Lipinski definition) is 1. The molecule has 0 aromatic heterocycles. The summed E-state index contributed by atoms with van der Waals surface area (Å²) in [5.41, 5.74) is -0.113. The summed E-state index contributed by atoms with van der Waals surface area (Å²) in [4.78, 5) is 37.5. The summed E-state index contributed by atoms with van der Waals surface area (Å²) < 4.78 is 40.1. The molecular weight excluding hydrogens is 429 g/mol. The third kappa shape index (κ3) is 4.63. The molecule has 1 aliphatic rings. The lowest BCUT2D eigenvalue weighted by Crippen LogP contribution is -2.37. The van der Waals surface area contributed by atoms with Crippen LogP contribution in [0.4, 0.5) is 18.0 Å². The highest BCUT2D eigenvalue weighted by Gasteiger charge is 2.34. The van der Waals surface area contributed by atoms with E-state index in [0.29, 0.717) is 23.9 Å². The van der Waals surface area contributed by atoms with Gasteiger partial charge < -0.3 is 5.32 Å². The van der Waals surface area contributed by atoms with Crippen molar-refractivity contribution in [1.82, 2.24) is 10.2 Å². The molecule has 3 rings (SSSR count). The quantitative estimate of drug-likeness (QED) is 0.558. The van der Waals surface area contributed by atoms with Crippen LogP contribution in [0.3, 0.4) is 0 Å². The molecule has 0 radical (unpaired) electrons. The van der Waals surface area contributed by atoms with Gasteiger partial charge in [0.2, 0.25) is 0 Å². The van der Waals surface area contributed by atoms with Crippen molar-refractivity contribution in [3.05, 3.63) is 74.9 Å². The molecule has 150 valence electrons. The fourth-order valence-corrected chi connectivity index (χ4v) is 3.59. The summed E-state index contributed by atoms with van der Waals surface area (Å²) in [6, 6.07) is 7.13. The van der Waals surface area contributed by atoms with Crippen LogP contribution in [0.5, 0.6) is 0 Å². The van der Waals surface area contributed by atoms with Crippen LogP contribution in [0.1, 0.15) is 15.9 Å². The second kappa shape index (κ2) is 8.71. The molecule has 1 aliphatic heterocycles. The Kier molecular flexibility index (Phi) is 6.29. The third-order valence-corrected chi connectivity index (χ3v) is 5.16. The van der Waals surface area contributed by atoms with Gasteiger partial charge >= 0.3 is 0 Å². The monoisotopic (exact) mass is 440 g/mol. The predicted octanol–water partition coefficient (Wildman–Crippen LogP) is 4.22. The molecule has 1 saturated heterocycles. The summed E-state index contributed by atoms with van der Waals surface area (Å²) in [6.45, 7) is -0.300. The van der Waals surface area contributed by atoms with Gasteiger partial charge in [0.15, 0.2) is 11.6 Å². The minimum Gasteiger partial charge on any atom is -0.350 e. The van der Waals surface area contributed by atoms with E-state index in [1.54, 1.807) is 6.07 Å². The molecule has 0 atom stereocenters. The summed E-state index contributed by atoms with van der Waals surface area (Å²) in [5.74, 6) is -4.36. The first-order chi connectivity index (χ1) is 13.8. The number of rotatable bonds is 5. The molecule has 0 spiro atoms. The third-order valence-electron chi connectivity index (χ3n) is 3.94. The molecule has 29 heavy (non-hydrogen) atoms. The van der Waals surface area contributed by atoms with Gasteiger partial charge in [0.05, 0.1) is 15.5 Å². The standard InChI is InChI=1S/C19H12ClF3N2O3S/c20-12-9-15(23)14(22)8-11(12)17(26)24-5-6-25-18(27)16(29-19(25)28)7-10-3-1-2-4-13(10)21/h1-4,7-9H,5-6H2,(H,24,26)/b16-7-. The van der Waals surface area contributed by atoms with E-state index in [2.05, 4.69) is 5.32 Å². The molecule has 2 aromatic carbocycles. The van der Waals surface area contributed by atoms with Crippen molar-refractivity contribution >= 4 is 46.5 Å². The van der Waals surface area contributed by atoms with Crippen LogP contribution in [0.15, 0.2) is 41.3 Å². The van der Waals surface area contributed by atoms with E-state index in [1.165, 1.54) is 24.3 Å². The van der Waals surface area contributed by atoms with Gasteiger partial charge in [-0.2, -0.15) is 0 Å². The molecule has 0 unspecified atom stereocenters. The predicted molar refractivity (Wildman–Crippen MR) is 103 cm³/mol. The molecule has 3 amide bonds. The van der Waals surface area contributed by atoms with E-state index in [-0.39, 0.29) is 34.1 Å². The van der Waals surface area contributed by atoms with Gasteiger partial charge in [0.1, 0.15) is 5.82 Å². The van der Waals surface area contributed by atoms with Gasteiger partial charge in [-0.25, -0.2) is 13.2 Å². The van der Waals surface area contributed by atoms with Crippen LogP contribution in [-0.2, 0) is 4.79 Å². The Morgan fingerprint density at radius 1 is 1.10 bits per heavy atom. The fourth-order valence-electron chi connectivity index (χ4n) is 2.50. The minimum absolute atomic E-state index is 0.0510. The number of imide groups is 1. The van der Waals surface area contributed by atoms with Gasteiger partial charge in [-0.05, 0) is 36.0 Å². The molecule has 0 saturated carbocycles. The van der Waals surface area contributed by atoms with Crippen molar-refractivity contribution in [3.8, 4) is 0 Å². The molecule has 2 aromatic rings. The van der Waals surface area contributed by atoms with Gasteiger partial charge in [-0.3, -0.25) is 19.3 Å². The van der Waals surface area contributed by atoms with Crippen LogP contribution in [0.2, 0.25) is 5.02 Å². The highest BCUT2D eigenvalue weighted by atomic mass is 35.5. The van der Waals surface area contributed by atoms with Crippen molar-refractivity contribution in [2.75, 3.05) is 13.1 Å². The zero-order chi connectivity index (χ0) is 21.1. The van der Waals surface area contributed by atoms with Gasteiger partial charge in [0.25, 0.3) is 17.1 Å². The zero-order valence-corrected chi connectivity index (χ0v) is 16.1. The Morgan fingerprint density at radius 3 is 2.52 bits per heavy atom. The molecule has 0 bridgehead atoms. The van der Waals surface area contributed by atoms with E-state index in [1.807, 2.05) is 0 Å². The van der Waals surface area contributed by atoms with Crippen LogP contribution in [0.25, 0.3) is 6.08 Å². The number of thioether (sulfide) groups is 1. The van der Waals surface area contributed by atoms with Crippen LogP contribution >= 0.6 is 23.4 Å². The average molecular weight is 441 g/mol. The number of carbonyl (C=O) groups is 3. The first-order valence-electron chi connectivity index (χ1n) is 8.20. The topological polar surface area (TPSA) is 66.5 Å². The summed E-state index contributed by atoms with van der Waals surface area (Å²) in [7, 11) is 0. The highest BCUT2D eigenvalue weighted by Crippen LogP contribution is 2.32. The van der Waals surface area contributed by atoms with Gasteiger partial charge in [-0.1, -0.05) is 29.8 Å². The molecule has 10 heteroatoms. The molecule has 0 aliphatic carbocycles. The lowest BCUT2D eigenvalue weighted by atomic mass is 10.2. The van der Waals surface area contributed by atoms with Crippen molar-refractivity contribution < 1.29 is 27.6 Å². The number of carbonyl (C=O) groups excluding carboxylic acids is 3. The summed E-state index contributed by atoms with van der Waals surface area (Å²) >= 11 is 6.38. The SMILES string of the molecule is O=C(NCCN1C(=O)S/C(=C\c2ccccc2F)C1=O)c1cc(F)c(F)cc1Cl. The minimum atomic E-state index is -1.23. The second-order valence-electron chi connectivity index (χ2n) is 5.86. The van der Waals surface area contributed by atoms with Crippen LogP contribution < -0.4 is 5.32 Å². The smallest absolute Gasteiger partial charge is 0.293 e. The van der Waals surface area contributed by atoms with Crippen molar-refractivity contribution in [3.63, 3.8) is 0 Å². The lowest BCUT2D eigenvalue weighted by molar-refractivity contribution is -0.122. The molecule has 5 nitrogen and oxygen atoms in total. The summed E-state index contributed by atoms with van der Waals surface area (Å²) in [6.07, 6.45) is 1.28. The van der Waals surface area contributed by atoms with Gasteiger partial charge in [0, 0.05) is 18.7 Å². The normalized spacial score (nSPS) is 15.3. The van der Waals surface area contributed by atoms with Crippen molar-refractivity contribution in [2.45, 2.75) is 0 Å². The Balaban J connectivity index is 1.63. The summed E-state index contributed by atoms with van der Waals surface area (Å²) in [5, 5.41) is 1.53. The maximum absolute atomic E-state index is 13.7. The number of nitrogens with zero attached hydrogens (tertiary/aromatic N) is 1. The van der Waals surface area contributed by atoms with E-state index < -0.39 is 34.5 Å². The Morgan fingerprint density at radius 2 is 1.79 bits per heavy atom. The van der Waals surface area contributed by atoms with E-state index >= 15 is 0 Å². The number of halogens is 4. The largest absolute Gasteiger partial charge is 0.350 e. The molecule has 1 fully saturated rings. The Labute approximate surface area is 172 Å². The maximum atomic E-state index is 13.7. The number of benzene rings is 2. The lowest BCUT2D eigenvalue weighted by Gasteiger charge is -2.13. The number of nitrogens with one attached hydrogen (secondary N) is 1. The van der Waals surface area contributed by atoms with Crippen LogP contribution in [0, 0.1) is 17.5 Å². The molecular formula is C19H12ClF3N2O3S. The van der Waals surface area contributed by atoms with Crippen LogP contribution in [-0.4, -0.2) is 35.0 Å². The van der Waals surface area contributed by atoms with E-state index in [9.17, 15) is 27.6 Å². The van der Waals surface area contributed by atoms with E-state index in [4.69, 9.17) is 11.6 Å². The van der Waals surface area contributed by atoms with Crippen molar-refractivity contribution in [2.24, 2.45) is 0 Å².